The number of rotatable bonds is 4. The van der Waals surface area contributed by atoms with Crippen molar-refractivity contribution in [2.24, 2.45) is 0 Å². The maximum absolute atomic E-state index is 6.33. The zero-order valence-corrected chi connectivity index (χ0v) is 12.8. The van der Waals surface area contributed by atoms with Gasteiger partial charge in [-0.1, -0.05) is 25.5 Å². The third-order valence-corrected chi connectivity index (χ3v) is 3.91. The zero-order chi connectivity index (χ0) is 13.8. The number of aryl methyl sites for hydroxylation is 2. The highest BCUT2D eigenvalue weighted by Gasteiger charge is 2.28. The van der Waals surface area contributed by atoms with E-state index in [1.807, 2.05) is 6.92 Å². The fourth-order valence-electron chi connectivity index (χ4n) is 2.84. The van der Waals surface area contributed by atoms with Crippen molar-refractivity contribution < 1.29 is 9.47 Å². The molecule has 19 heavy (non-hydrogen) atoms. The molecule has 1 aliphatic rings. The molecule has 1 aromatic rings. The van der Waals surface area contributed by atoms with Gasteiger partial charge in [0.05, 0.1) is 12.5 Å². The van der Waals surface area contributed by atoms with Crippen LogP contribution in [0.2, 0.25) is 0 Å². The Morgan fingerprint density at radius 2 is 2.26 bits per heavy atom. The summed E-state index contributed by atoms with van der Waals surface area (Å²) < 4.78 is 11.6. The standard InChI is InChI=1S/C16H23ClO2/c1-4-6-13-9-8-12-7-5-10-19-15(11(2)17)14(12)16(13)18-3/h8-9,11,15H,4-7,10H2,1-3H3. The lowest BCUT2D eigenvalue weighted by molar-refractivity contribution is 0.0549. The van der Waals surface area contributed by atoms with Crippen molar-refractivity contribution in [3.8, 4) is 5.75 Å². The molecule has 3 heteroatoms. The molecule has 0 saturated carbocycles. The number of ether oxygens (including phenoxy) is 2. The van der Waals surface area contributed by atoms with Gasteiger partial charge in [0.2, 0.25) is 0 Å². The SMILES string of the molecule is CCCc1ccc2c(c1OC)C(C(C)Cl)OCCC2. The van der Waals surface area contributed by atoms with Crippen molar-refractivity contribution in [2.75, 3.05) is 13.7 Å². The van der Waals surface area contributed by atoms with Crippen LogP contribution >= 0.6 is 11.6 Å². The Morgan fingerprint density at radius 1 is 1.47 bits per heavy atom. The Labute approximate surface area is 121 Å². The van der Waals surface area contributed by atoms with Crippen molar-refractivity contribution in [3.05, 3.63) is 28.8 Å². The summed E-state index contributed by atoms with van der Waals surface area (Å²) in [5.41, 5.74) is 3.76. The molecule has 1 aliphatic heterocycles. The highest BCUT2D eigenvalue weighted by atomic mass is 35.5. The maximum atomic E-state index is 6.33. The van der Waals surface area contributed by atoms with Gasteiger partial charge >= 0.3 is 0 Å². The molecule has 0 N–H and O–H groups in total. The fourth-order valence-corrected chi connectivity index (χ4v) is 3.04. The van der Waals surface area contributed by atoms with Gasteiger partial charge in [-0.25, -0.2) is 0 Å². The molecule has 2 nitrogen and oxygen atoms in total. The minimum Gasteiger partial charge on any atom is -0.496 e. The van der Waals surface area contributed by atoms with E-state index in [9.17, 15) is 0 Å². The van der Waals surface area contributed by atoms with Crippen LogP contribution in [0, 0.1) is 0 Å². The highest BCUT2D eigenvalue weighted by Crippen LogP contribution is 2.40. The zero-order valence-electron chi connectivity index (χ0n) is 12.0. The second-order valence-electron chi connectivity index (χ2n) is 5.15. The summed E-state index contributed by atoms with van der Waals surface area (Å²) in [7, 11) is 1.75. The van der Waals surface area contributed by atoms with Crippen LogP contribution in [0.1, 0.15) is 49.5 Å². The smallest absolute Gasteiger partial charge is 0.128 e. The van der Waals surface area contributed by atoms with Crippen molar-refractivity contribution in [2.45, 2.75) is 51.0 Å². The first-order chi connectivity index (χ1) is 9.19. The van der Waals surface area contributed by atoms with Crippen LogP contribution in [-0.2, 0) is 17.6 Å². The average Bonchev–Trinajstić information content (AvgIpc) is 2.61. The van der Waals surface area contributed by atoms with Crippen molar-refractivity contribution in [1.29, 1.82) is 0 Å². The van der Waals surface area contributed by atoms with Gasteiger partial charge in [0, 0.05) is 12.2 Å². The summed E-state index contributed by atoms with van der Waals surface area (Å²) in [6, 6.07) is 4.42. The fraction of sp³-hybridized carbons (Fsp3) is 0.625. The summed E-state index contributed by atoms with van der Waals surface area (Å²) in [5, 5.41) is -0.0531. The minimum absolute atomic E-state index is 0.0531. The van der Waals surface area contributed by atoms with E-state index in [-0.39, 0.29) is 11.5 Å². The molecule has 106 valence electrons. The number of hydrogen-bond donors (Lipinski definition) is 0. The van der Waals surface area contributed by atoms with Crippen LogP contribution in [0.5, 0.6) is 5.75 Å². The summed E-state index contributed by atoms with van der Waals surface area (Å²) in [6.07, 6.45) is 4.16. The third-order valence-electron chi connectivity index (χ3n) is 3.68. The van der Waals surface area contributed by atoms with E-state index < -0.39 is 0 Å². The minimum atomic E-state index is -0.0640. The second-order valence-corrected chi connectivity index (χ2v) is 5.84. The van der Waals surface area contributed by atoms with Crippen LogP contribution < -0.4 is 4.74 Å². The van der Waals surface area contributed by atoms with E-state index in [0.29, 0.717) is 0 Å². The Kier molecular flexibility index (Phi) is 5.12. The van der Waals surface area contributed by atoms with E-state index in [1.54, 1.807) is 7.11 Å². The number of halogens is 1. The predicted octanol–water partition coefficient (Wildman–Crippen LogP) is 4.28. The molecule has 0 spiro atoms. The molecule has 2 atom stereocenters. The predicted molar refractivity (Wildman–Crippen MR) is 79.3 cm³/mol. The Hall–Kier alpha value is -0.730. The number of hydrogen-bond acceptors (Lipinski definition) is 2. The quantitative estimate of drug-likeness (QED) is 0.768. The lowest BCUT2D eigenvalue weighted by atomic mass is 9.93. The van der Waals surface area contributed by atoms with Gasteiger partial charge < -0.3 is 9.47 Å². The van der Waals surface area contributed by atoms with Crippen LogP contribution in [0.3, 0.4) is 0 Å². The lowest BCUT2D eigenvalue weighted by Crippen LogP contribution is -2.15. The van der Waals surface area contributed by atoms with Crippen molar-refractivity contribution in [1.82, 2.24) is 0 Å². The maximum Gasteiger partial charge on any atom is 0.128 e. The molecule has 0 aromatic heterocycles. The van der Waals surface area contributed by atoms with Gasteiger partial charge in [-0.3, -0.25) is 0 Å². The van der Waals surface area contributed by atoms with Crippen LogP contribution in [0.4, 0.5) is 0 Å². The van der Waals surface area contributed by atoms with Gasteiger partial charge in [-0.2, -0.15) is 0 Å². The second kappa shape index (κ2) is 6.62. The highest BCUT2D eigenvalue weighted by molar-refractivity contribution is 6.20. The first-order valence-corrected chi connectivity index (χ1v) is 7.57. The average molecular weight is 283 g/mol. The molecular weight excluding hydrogens is 260 g/mol. The summed E-state index contributed by atoms with van der Waals surface area (Å²) in [6.45, 7) is 4.94. The van der Waals surface area contributed by atoms with E-state index in [2.05, 4.69) is 19.1 Å². The van der Waals surface area contributed by atoms with Crippen molar-refractivity contribution in [3.63, 3.8) is 0 Å². The molecule has 0 bridgehead atoms. The van der Waals surface area contributed by atoms with Gasteiger partial charge in [-0.15, -0.1) is 11.6 Å². The lowest BCUT2D eigenvalue weighted by Gasteiger charge is -2.24. The summed E-state index contributed by atoms with van der Waals surface area (Å²) in [5.74, 6) is 0.985. The van der Waals surface area contributed by atoms with E-state index in [4.69, 9.17) is 21.1 Å². The van der Waals surface area contributed by atoms with Gasteiger partial charge in [-0.05, 0) is 37.3 Å². The summed E-state index contributed by atoms with van der Waals surface area (Å²) in [4.78, 5) is 0. The molecule has 0 saturated heterocycles. The number of alkyl halides is 1. The van der Waals surface area contributed by atoms with Gasteiger partial charge in [0.1, 0.15) is 11.9 Å². The third kappa shape index (κ3) is 3.06. The van der Waals surface area contributed by atoms with Crippen LogP contribution in [0.25, 0.3) is 0 Å². The monoisotopic (exact) mass is 282 g/mol. The molecule has 1 heterocycles. The first kappa shape index (κ1) is 14.7. The van der Waals surface area contributed by atoms with E-state index in [0.717, 1.165) is 38.0 Å². The first-order valence-electron chi connectivity index (χ1n) is 7.13. The molecule has 0 amide bonds. The number of methoxy groups -OCH3 is 1. The Morgan fingerprint density at radius 3 is 2.89 bits per heavy atom. The van der Waals surface area contributed by atoms with Crippen molar-refractivity contribution >= 4 is 11.6 Å². The Balaban J connectivity index is 2.53. The molecule has 0 aliphatic carbocycles. The van der Waals surface area contributed by atoms with Gasteiger partial charge in [0.25, 0.3) is 0 Å². The van der Waals surface area contributed by atoms with Crippen LogP contribution in [0.15, 0.2) is 12.1 Å². The summed E-state index contributed by atoms with van der Waals surface area (Å²) >= 11 is 6.33. The number of fused-ring (bicyclic) bond motifs is 1. The molecule has 0 fully saturated rings. The molecule has 2 unspecified atom stereocenters. The largest absolute Gasteiger partial charge is 0.496 e. The molecule has 2 rings (SSSR count). The van der Waals surface area contributed by atoms with E-state index >= 15 is 0 Å². The number of benzene rings is 1. The molecule has 1 aromatic carbocycles. The topological polar surface area (TPSA) is 18.5 Å². The molecule has 0 radical (unpaired) electrons. The Bertz CT molecular complexity index is 429. The van der Waals surface area contributed by atoms with E-state index in [1.165, 1.54) is 16.7 Å². The van der Waals surface area contributed by atoms with Gasteiger partial charge in [0.15, 0.2) is 0 Å². The van der Waals surface area contributed by atoms with Crippen LogP contribution in [-0.4, -0.2) is 19.1 Å². The molecular formula is C16H23ClO2. The normalized spacial score (nSPS) is 20.5.